The maximum atomic E-state index is 11.5. The van der Waals surface area contributed by atoms with E-state index >= 15 is 0 Å². The molecule has 0 radical (unpaired) electrons. The lowest BCUT2D eigenvalue weighted by atomic mass is 9.87. The second-order valence-corrected chi connectivity index (χ2v) is 4.60. The van der Waals surface area contributed by atoms with E-state index < -0.39 is 0 Å². The number of aromatic nitrogens is 2. The van der Waals surface area contributed by atoms with Crippen LogP contribution in [0.4, 0.5) is 0 Å². The van der Waals surface area contributed by atoms with Gasteiger partial charge < -0.3 is 0 Å². The molecule has 1 aromatic rings. The third kappa shape index (κ3) is 1.82. The molecule has 0 aromatic carbocycles. The van der Waals surface area contributed by atoms with E-state index in [-0.39, 0.29) is 11.8 Å². The smallest absolute Gasteiger partial charge is 0.237 e. The Morgan fingerprint density at radius 3 is 3.06 bits per heavy atom. The number of hydrazine groups is 1. The zero-order valence-corrected chi connectivity index (χ0v) is 9.73. The van der Waals surface area contributed by atoms with E-state index in [2.05, 4.69) is 24.4 Å². The van der Waals surface area contributed by atoms with Gasteiger partial charge in [-0.2, -0.15) is 5.10 Å². The molecule has 5 nitrogen and oxygen atoms in total. The average Bonchev–Trinajstić information content (AvgIpc) is 2.70. The summed E-state index contributed by atoms with van der Waals surface area (Å²) >= 11 is 0. The van der Waals surface area contributed by atoms with Crippen LogP contribution in [0, 0.1) is 5.92 Å². The van der Waals surface area contributed by atoms with E-state index in [1.165, 1.54) is 11.3 Å². The topological polar surface area (TPSA) is 72.9 Å². The normalized spacial score (nSPS) is 19.6. The van der Waals surface area contributed by atoms with Crippen molar-refractivity contribution in [3.8, 4) is 0 Å². The lowest BCUT2D eigenvalue weighted by Gasteiger charge is -2.22. The number of amides is 1. The fraction of sp³-hybridized carbons (Fsp3) is 0.636. The summed E-state index contributed by atoms with van der Waals surface area (Å²) in [4.78, 5) is 11.5. The van der Waals surface area contributed by atoms with Crippen molar-refractivity contribution < 1.29 is 4.79 Å². The van der Waals surface area contributed by atoms with Crippen LogP contribution in [0.1, 0.15) is 37.6 Å². The highest BCUT2D eigenvalue weighted by atomic mass is 16.2. The summed E-state index contributed by atoms with van der Waals surface area (Å²) in [5, 5.41) is 4.37. The predicted octanol–water partition coefficient (Wildman–Crippen LogP) is 0.559. The Morgan fingerprint density at radius 2 is 2.44 bits per heavy atom. The van der Waals surface area contributed by atoms with Crippen molar-refractivity contribution in [1.29, 1.82) is 0 Å². The van der Waals surface area contributed by atoms with Crippen LogP contribution in [0.2, 0.25) is 0 Å². The molecular formula is C11H18N4O. The van der Waals surface area contributed by atoms with Gasteiger partial charge in [0.15, 0.2) is 0 Å². The van der Waals surface area contributed by atoms with Crippen molar-refractivity contribution >= 4 is 5.91 Å². The summed E-state index contributed by atoms with van der Waals surface area (Å²) < 4.78 is 2.01. The maximum Gasteiger partial charge on any atom is 0.237 e. The van der Waals surface area contributed by atoms with Crippen molar-refractivity contribution in [2.45, 2.75) is 39.2 Å². The Kier molecular flexibility index (Phi) is 2.96. The van der Waals surface area contributed by atoms with Gasteiger partial charge >= 0.3 is 0 Å². The van der Waals surface area contributed by atoms with Crippen molar-refractivity contribution in [1.82, 2.24) is 15.2 Å². The Morgan fingerprint density at radius 1 is 1.69 bits per heavy atom. The number of hydrogen-bond acceptors (Lipinski definition) is 3. The van der Waals surface area contributed by atoms with Crippen molar-refractivity contribution in [3.63, 3.8) is 0 Å². The largest absolute Gasteiger partial charge is 0.294 e. The summed E-state index contributed by atoms with van der Waals surface area (Å²) in [6, 6.07) is 0.337. The number of nitrogens with zero attached hydrogens (tertiary/aromatic N) is 2. The summed E-state index contributed by atoms with van der Waals surface area (Å²) in [6.45, 7) is 4.19. The van der Waals surface area contributed by atoms with Gasteiger partial charge in [-0.05, 0) is 32.3 Å². The van der Waals surface area contributed by atoms with E-state index in [4.69, 9.17) is 5.84 Å². The number of nitrogens with two attached hydrogens (primary N) is 1. The molecule has 1 aliphatic rings. The van der Waals surface area contributed by atoms with Gasteiger partial charge in [-0.15, -0.1) is 0 Å². The van der Waals surface area contributed by atoms with Crippen LogP contribution in [0.5, 0.6) is 0 Å². The molecule has 1 amide bonds. The Balaban J connectivity index is 2.24. The van der Waals surface area contributed by atoms with Gasteiger partial charge in [-0.25, -0.2) is 5.84 Å². The molecule has 0 spiro atoms. The second kappa shape index (κ2) is 4.25. The Labute approximate surface area is 95.0 Å². The second-order valence-electron chi connectivity index (χ2n) is 4.60. The highest BCUT2D eigenvalue weighted by molar-refractivity contribution is 5.78. The molecule has 1 aromatic heterocycles. The first-order chi connectivity index (χ1) is 7.63. The minimum atomic E-state index is -0.0674. The van der Waals surface area contributed by atoms with E-state index in [0.717, 1.165) is 19.3 Å². The van der Waals surface area contributed by atoms with Crippen molar-refractivity contribution in [3.05, 3.63) is 17.5 Å². The molecule has 0 aliphatic heterocycles. The molecule has 5 heteroatoms. The molecule has 1 heterocycles. The zero-order valence-electron chi connectivity index (χ0n) is 9.73. The van der Waals surface area contributed by atoms with Gasteiger partial charge in [-0.3, -0.25) is 14.9 Å². The molecule has 0 fully saturated rings. The molecule has 3 N–H and O–H groups in total. The average molecular weight is 222 g/mol. The molecule has 16 heavy (non-hydrogen) atoms. The summed E-state index contributed by atoms with van der Waals surface area (Å²) in [7, 11) is 0. The van der Waals surface area contributed by atoms with E-state index in [1.807, 2.05) is 10.9 Å². The van der Waals surface area contributed by atoms with E-state index in [9.17, 15) is 4.79 Å². The van der Waals surface area contributed by atoms with Gasteiger partial charge in [0.1, 0.15) is 0 Å². The summed E-state index contributed by atoms with van der Waals surface area (Å²) in [5.74, 6) is 5.10. The zero-order chi connectivity index (χ0) is 11.7. The van der Waals surface area contributed by atoms with E-state index in [1.54, 1.807) is 0 Å². The predicted molar refractivity (Wildman–Crippen MR) is 60.5 cm³/mol. The molecule has 88 valence electrons. The monoisotopic (exact) mass is 222 g/mol. The van der Waals surface area contributed by atoms with Gasteiger partial charge in [-0.1, -0.05) is 0 Å². The van der Waals surface area contributed by atoms with Crippen LogP contribution in [0.3, 0.4) is 0 Å². The van der Waals surface area contributed by atoms with Crippen LogP contribution in [-0.4, -0.2) is 15.7 Å². The fourth-order valence-corrected chi connectivity index (χ4v) is 2.31. The summed E-state index contributed by atoms with van der Waals surface area (Å²) in [6.07, 6.45) is 4.45. The first-order valence-electron chi connectivity index (χ1n) is 5.69. The minimum absolute atomic E-state index is 0.00769. The number of nitrogens with one attached hydrogen (secondary N) is 1. The van der Waals surface area contributed by atoms with Crippen LogP contribution in [-0.2, 0) is 17.6 Å². The van der Waals surface area contributed by atoms with Gasteiger partial charge in [0.05, 0.1) is 6.20 Å². The highest BCUT2D eigenvalue weighted by Gasteiger charge is 2.27. The Hall–Kier alpha value is -1.36. The maximum absolute atomic E-state index is 11.5. The quantitative estimate of drug-likeness (QED) is 0.436. The molecule has 2 rings (SSSR count). The molecular weight excluding hydrogens is 204 g/mol. The standard InChI is InChI=1S/C11H18N4O/c1-7(2)15-10-5-8(11(16)14-12)3-4-9(10)6-13-15/h6-8H,3-5,12H2,1-2H3,(H,14,16)/t8-/m1/s1. The molecule has 0 unspecified atom stereocenters. The number of carbonyl (C=O) groups is 1. The SMILES string of the molecule is CC(C)n1ncc2c1C[C@H](C(=O)NN)CC2. The molecule has 0 bridgehead atoms. The Bertz CT molecular complexity index is 397. The first-order valence-corrected chi connectivity index (χ1v) is 5.69. The minimum Gasteiger partial charge on any atom is -0.294 e. The van der Waals surface area contributed by atoms with Crippen molar-refractivity contribution in [2.24, 2.45) is 11.8 Å². The number of aryl methyl sites for hydroxylation is 1. The molecule has 0 saturated carbocycles. The third-order valence-electron chi connectivity index (χ3n) is 3.19. The number of carbonyl (C=O) groups excluding carboxylic acids is 1. The third-order valence-corrected chi connectivity index (χ3v) is 3.19. The van der Waals surface area contributed by atoms with Crippen LogP contribution >= 0.6 is 0 Å². The van der Waals surface area contributed by atoms with Crippen LogP contribution < -0.4 is 11.3 Å². The first kappa shape index (κ1) is 11.1. The molecule has 1 atom stereocenters. The van der Waals surface area contributed by atoms with Gasteiger partial charge in [0.25, 0.3) is 0 Å². The van der Waals surface area contributed by atoms with Crippen molar-refractivity contribution in [2.75, 3.05) is 0 Å². The van der Waals surface area contributed by atoms with Gasteiger partial charge in [0.2, 0.25) is 5.91 Å². The number of rotatable bonds is 2. The summed E-state index contributed by atoms with van der Waals surface area (Å²) in [5.41, 5.74) is 4.70. The molecule has 0 saturated heterocycles. The highest BCUT2D eigenvalue weighted by Crippen LogP contribution is 2.27. The van der Waals surface area contributed by atoms with Crippen LogP contribution in [0.15, 0.2) is 6.20 Å². The lowest BCUT2D eigenvalue weighted by Crippen LogP contribution is -2.38. The van der Waals surface area contributed by atoms with Crippen LogP contribution in [0.25, 0.3) is 0 Å². The lowest BCUT2D eigenvalue weighted by molar-refractivity contribution is -0.125. The van der Waals surface area contributed by atoms with E-state index in [0.29, 0.717) is 6.04 Å². The number of fused-ring (bicyclic) bond motifs is 1. The molecule has 1 aliphatic carbocycles. The fourth-order valence-electron chi connectivity index (χ4n) is 2.31. The van der Waals surface area contributed by atoms with Gasteiger partial charge in [0, 0.05) is 24.1 Å². The number of hydrogen-bond donors (Lipinski definition) is 2.